The molecule has 1 fully saturated rings. The number of hydrogen-bond donors (Lipinski definition) is 0. The first-order valence-corrected chi connectivity index (χ1v) is 9.13. The normalized spacial score (nSPS) is 16.7. The summed E-state index contributed by atoms with van der Waals surface area (Å²) in [6, 6.07) is 14.3. The van der Waals surface area contributed by atoms with Crippen LogP contribution in [-0.4, -0.2) is 35.0 Å². The van der Waals surface area contributed by atoms with Crippen molar-refractivity contribution in [2.24, 2.45) is 0 Å². The van der Waals surface area contributed by atoms with E-state index in [1.165, 1.54) is 5.56 Å². The monoisotopic (exact) mass is 338 g/mol. The van der Waals surface area contributed by atoms with Gasteiger partial charge in [0.2, 0.25) is 5.91 Å². The van der Waals surface area contributed by atoms with Crippen molar-refractivity contribution in [3.05, 3.63) is 66.0 Å². The van der Waals surface area contributed by atoms with Crippen molar-refractivity contribution < 1.29 is 9.53 Å². The lowest BCUT2D eigenvalue weighted by molar-refractivity contribution is -0.133. The van der Waals surface area contributed by atoms with Crippen LogP contribution in [0.1, 0.15) is 36.8 Å². The number of ether oxygens (including phenoxy) is 1. The van der Waals surface area contributed by atoms with E-state index in [2.05, 4.69) is 17.1 Å². The van der Waals surface area contributed by atoms with Crippen molar-refractivity contribution in [1.29, 1.82) is 0 Å². The first-order chi connectivity index (χ1) is 12.3. The Labute approximate surface area is 149 Å². The molecule has 1 amide bonds. The van der Waals surface area contributed by atoms with Crippen LogP contribution in [-0.2, 0) is 22.5 Å². The molecule has 1 unspecified atom stereocenters. The second-order valence-electron chi connectivity index (χ2n) is 6.61. The van der Waals surface area contributed by atoms with Crippen molar-refractivity contribution in [3.8, 4) is 0 Å². The zero-order valence-corrected chi connectivity index (χ0v) is 14.6. The highest BCUT2D eigenvalue weighted by Crippen LogP contribution is 2.16. The number of benzene rings is 1. The van der Waals surface area contributed by atoms with Gasteiger partial charge in [0.05, 0.1) is 6.10 Å². The van der Waals surface area contributed by atoms with E-state index in [0.717, 1.165) is 37.9 Å². The van der Waals surface area contributed by atoms with Gasteiger partial charge in [-0.1, -0.05) is 36.4 Å². The summed E-state index contributed by atoms with van der Waals surface area (Å²) in [5.74, 6) is 0.204. The van der Waals surface area contributed by atoms with Gasteiger partial charge in [-0.05, 0) is 42.9 Å². The number of carbonyl (C=O) groups excluding carboxylic acids is 1. The van der Waals surface area contributed by atoms with Crippen LogP contribution in [0.3, 0.4) is 0 Å². The fourth-order valence-corrected chi connectivity index (χ4v) is 3.25. The van der Waals surface area contributed by atoms with E-state index >= 15 is 0 Å². The Bertz CT molecular complexity index is 639. The molecule has 1 aliphatic heterocycles. The van der Waals surface area contributed by atoms with E-state index in [0.29, 0.717) is 19.5 Å². The van der Waals surface area contributed by atoms with Crippen LogP contribution in [0.5, 0.6) is 0 Å². The summed E-state index contributed by atoms with van der Waals surface area (Å²) in [5, 5.41) is 0. The number of nitrogens with zero attached hydrogens (tertiary/aromatic N) is 2. The second-order valence-corrected chi connectivity index (χ2v) is 6.61. The Kier molecular flexibility index (Phi) is 6.57. The molecular formula is C21H26N2O2. The van der Waals surface area contributed by atoms with Gasteiger partial charge in [-0.25, -0.2) is 0 Å². The number of hydrogen-bond acceptors (Lipinski definition) is 3. The molecule has 0 spiro atoms. The maximum atomic E-state index is 12.8. The van der Waals surface area contributed by atoms with E-state index in [-0.39, 0.29) is 12.0 Å². The molecule has 132 valence electrons. The molecule has 3 rings (SSSR count). The van der Waals surface area contributed by atoms with Crippen molar-refractivity contribution in [3.63, 3.8) is 0 Å². The first kappa shape index (κ1) is 17.6. The Morgan fingerprint density at radius 3 is 2.72 bits per heavy atom. The molecule has 25 heavy (non-hydrogen) atoms. The average Bonchev–Trinajstić information content (AvgIpc) is 3.16. The van der Waals surface area contributed by atoms with Crippen LogP contribution in [0.25, 0.3) is 0 Å². The molecule has 1 aromatic heterocycles. The highest BCUT2D eigenvalue weighted by Gasteiger charge is 2.22. The molecule has 0 aliphatic carbocycles. The van der Waals surface area contributed by atoms with Gasteiger partial charge in [-0.2, -0.15) is 0 Å². The molecule has 0 bridgehead atoms. The van der Waals surface area contributed by atoms with Crippen LogP contribution < -0.4 is 0 Å². The molecule has 2 aromatic rings. The van der Waals surface area contributed by atoms with Crippen molar-refractivity contribution in [2.75, 3.05) is 13.2 Å². The fraction of sp³-hybridized carbons (Fsp3) is 0.429. The molecule has 1 saturated heterocycles. The minimum absolute atomic E-state index is 0.176. The van der Waals surface area contributed by atoms with Gasteiger partial charge in [0.1, 0.15) is 0 Å². The number of rotatable bonds is 8. The molecule has 0 radical (unpaired) electrons. The largest absolute Gasteiger partial charge is 0.376 e. The van der Waals surface area contributed by atoms with Crippen LogP contribution in [0.15, 0.2) is 54.9 Å². The lowest BCUT2D eigenvalue weighted by Crippen LogP contribution is -2.36. The topological polar surface area (TPSA) is 42.4 Å². The molecule has 0 N–H and O–H groups in total. The Morgan fingerprint density at radius 1 is 1.16 bits per heavy atom. The number of pyridine rings is 1. The molecule has 2 heterocycles. The third-order valence-corrected chi connectivity index (χ3v) is 4.60. The quantitative estimate of drug-likeness (QED) is 0.738. The van der Waals surface area contributed by atoms with E-state index in [1.807, 2.05) is 41.4 Å². The molecule has 4 nitrogen and oxygen atoms in total. The van der Waals surface area contributed by atoms with E-state index in [1.54, 1.807) is 6.20 Å². The van der Waals surface area contributed by atoms with E-state index in [9.17, 15) is 4.79 Å². The van der Waals surface area contributed by atoms with E-state index < -0.39 is 0 Å². The number of carbonyl (C=O) groups is 1. The SMILES string of the molecule is O=C(CCCc1ccccc1)N(Cc1cccnc1)CC1CCCO1. The molecule has 1 aromatic carbocycles. The number of amides is 1. The van der Waals surface area contributed by atoms with Gasteiger partial charge in [-0.3, -0.25) is 9.78 Å². The first-order valence-electron chi connectivity index (χ1n) is 9.13. The van der Waals surface area contributed by atoms with Crippen LogP contribution in [0.4, 0.5) is 0 Å². The summed E-state index contributed by atoms with van der Waals surface area (Å²) in [7, 11) is 0. The average molecular weight is 338 g/mol. The standard InChI is InChI=1S/C21H26N2O2/c24-21(12-4-9-18-7-2-1-3-8-18)23(17-20-11-6-14-25-20)16-19-10-5-13-22-15-19/h1-3,5,7-8,10,13,15,20H,4,6,9,11-12,14,16-17H2. The van der Waals surface area contributed by atoms with Gasteiger partial charge in [0.25, 0.3) is 0 Å². The summed E-state index contributed by atoms with van der Waals surface area (Å²) < 4.78 is 5.74. The fourth-order valence-electron chi connectivity index (χ4n) is 3.25. The lowest BCUT2D eigenvalue weighted by Gasteiger charge is -2.25. The predicted octanol–water partition coefficient (Wildman–Crippen LogP) is 3.61. The maximum absolute atomic E-state index is 12.8. The summed E-state index contributed by atoms with van der Waals surface area (Å²) in [6.45, 7) is 2.10. The molecule has 4 heteroatoms. The van der Waals surface area contributed by atoms with Crippen LogP contribution in [0, 0.1) is 0 Å². The molecule has 1 atom stereocenters. The van der Waals surface area contributed by atoms with Crippen molar-refractivity contribution in [1.82, 2.24) is 9.88 Å². The second kappa shape index (κ2) is 9.33. The van der Waals surface area contributed by atoms with Crippen molar-refractivity contribution in [2.45, 2.75) is 44.8 Å². The smallest absolute Gasteiger partial charge is 0.222 e. The third kappa shape index (κ3) is 5.68. The number of aryl methyl sites for hydroxylation is 1. The number of aromatic nitrogens is 1. The third-order valence-electron chi connectivity index (χ3n) is 4.60. The minimum Gasteiger partial charge on any atom is -0.376 e. The lowest BCUT2D eigenvalue weighted by atomic mass is 10.1. The Hall–Kier alpha value is -2.20. The van der Waals surface area contributed by atoms with Crippen LogP contribution >= 0.6 is 0 Å². The minimum atomic E-state index is 0.176. The summed E-state index contributed by atoms with van der Waals surface area (Å²) >= 11 is 0. The maximum Gasteiger partial charge on any atom is 0.222 e. The van der Waals surface area contributed by atoms with Gasteiger partial charge in [0, 0.05) is 38.5 Å². The molecule has 0 saturated carbocycles. The Balaban J connectivity index is 1.55. The van der Waals surface area contributed by atoms with Gasteiger partial charge in [0.15, 0.2) is 0 Å². The Morgan fingerprint density at radius 2 is 2.00 bits per heavy atom. The highest BCUT2D eigenvalue weighted by atomic mass is 16.5. The summed E-state index contributed by atoms with van der Waals surface area (Å²) in [6.07, 6.45) is 8.28. The highest BCUT2D eigenvalue weighted by molar-refractivity contribution is 5.76. The summed E-state index contributed by atoms with van der Waals surface area (Å²) in [4.78, 5) is 18.9. The summed E-state index contributed by atoms with van der Waals surface area (Å²) in [5.41, 5.74) is 2.35. The van der Waals surface area contributed by atoms with Crippen LogP contribution in [0.2, 0.25) is 0 Å². The molecular weight excluding hydrogens is 312 g/mol. The van der Waals surface area contributed by atoms with Crippen molar-refractivity contribution >= 4 is 5.91 Å². The van der Waals surface area contributed by atoms with Gasteiger partial charge < -0.3 is 9.64 Å². The zero-order chi connectivity index (χ0) is 17.3. The van der Waals surface area contributed by atoms with E-state index in [4.69, 9.17) is 4.74 Å². The predicted molar refractivity (Wildman–Crippen MR) is 98.0 cm³/mol. The zero-order valence-electron chi connectivity index (χ0n) is 14.6. The molecule has 1 aliphatic rings. The van der Waals surface area contributed by atoms with Gasteiger partial charge in [-0.15, -0.1) is 0 Å². The van der Waals surface area contributed by atoms with Gasteiger partial charge >= 0.3 is 0 Å².